The third kappa shape index (κ3) is 2.71. The van der Waals surface area contributed by atoms with Crippen molar-refractivity contribution in [3.63, 3.8) is 0 Å². The molecule has 0 saturated carbocycles. The Morgan fingerprint density at radius 3 is 2.36 bits per heavy atom. The van der Waals surface area contributed by atoms with Crippen molar-refractivity contribution in [2.24, 2.45) is 0 Å². The van der Waals surface area contributed by atoms with Gasteiger partial charge in [0, 0.05) is 0 Å². The largest absolute Gasteiger partial charge is 0.263 e. The highest BCUT2D eigenvalue weighted by atomic mass is 32.2. The minimum atomic E-state index is -3.60. The Morgan fingerprint density at radius 2 is 1.68 bits per heavy atom. The molecule has 3 rings (SSSR count). The molecule has 22 heavy (non-hydrogen) atoms. The number of benzene rings is 2. The zero-order valence-corrected chi connectivity index (χ0v) is 14.2. The highest BCUT2D eigenvalue weighted by Crippen LogP contribution is 2.30. The predicted octanol–water partition coefficient (Wildman–Crippen LogP) is 4.02. The van der Waals surface area contributed by atoms with Gasteiger partial charge in [0.2, 0.25) is 0 Å². The van der Waals surface area contributed by atoms with Crippen LogP contribution < -0.4 is 4.72 Å². The van der Waals surface area contributed by atoms with Gasteiger partial charge in [-0.15, -0.1) is 0 Å². The zero-order chi connectivity index (χ0) is 15.9. The van der Waals surface area contributed by atoms with Crippen molar-refractivity contribution < 1.29 is 8.42 Å². The number of sulfonamides is 1. The van der Waals surface area contributed by atoms with Crippen molar-refractivity contribution in [1.29, 1.82) is 0 Å². The molecule has 6 heteroatoms. The molecule has 4 nitrogen and oxygen atoms in total. The standard InChI is InChI=1S/C16H16N2O2S2/c1-10-4-7-13(8-5-10)22(19,20)18-16-17-15-12(3)11(2)6-9-14(15)21-16/h4-9H,1-3H3,(H,17,18). The number of thiazole rings is 1. The molecule has 3 aromatic rings. The zero-order valence-electron chi connectivity index (χ0n) is 12.5. The Hall–Kier alpha value is -1.92. The number of hydrogen-bond acceptors (Lipinski definition) is 4. The monoisotopic (exact) mass is 332 g/mol. The lowest BCUT2D eigenvalue weighted by Gasteiger charge is -2.05. The molecule has 0 spiro atoms. The van der Waals surface area contributed by atoms with Gasteiger partial charge in [-0.05, 0) is 50.1 Å². The minimum Gasteiger partial charge on any atom is -0.255 e. The van der Waals surface area contributed by atoms with Crippen LogP contribution in [0.3, 0.4) is 0 Å². The van der Waals surface area contributed by atoms with Crippen LogP contribution in [0.5, 0.6) is 0 Å². The van der Waals surface area contributed by atoms with Crippen LogP contribution in [-0.2, 0) is 10.0 Å². The molecule has 1 heterocycles. The Kier molecular flexibility index (Phi) is 3.66. The number of nitrogens with one attached hydrogen (secondary N) is 1. The Bertz CT molecular complexity index is 942. The van der Waals surface area contributed by atoms with Gasteiger partial charge in [0.25, 0.3) is 10.0 Å². The van der Waals surface area contributed by atoms with Gasteiger partial charge in [-0.2, -0.15) is 0 Å². The number of nitrogens with zero attached hydrogens (tertiary/aromatic N) is 1. The molecule has 0 fully saturated rings. The number of aryl methyl sites for hydroxylation is 3. The number of aromatic nitrogens is 1. The van der Waals surface area contributed by atoms with E-state index in [0.29, 0.717) is 5.13 Å². The topological polar surface area (TPSA) is 59.1 Å². The van der Waals surface area contributed by atoms with Gasteiger partial charge < -0.3 is 0 Å². The second-order valence-corrected chi connectivity index (χ2v) is 8.00. The first-order valence-electron chi connectivity index (χ1n) is 6.83. The average molecular weight is 332 g/mol. The summed E-state index contributed by atoms with van der Waals surface area (Å²) >= 11 is 1.34. The van der Waals surface area contributed by atoms with E-state index in [1.54, 1.807) is 24.3 Å². The fraction of sp³-hybridized carbons (Fsp3) is 0.188. The molecule has 0 unspecified atom stereocenters. The number of rotatable bonds is 3. The summed E-state index contributed by atoms with van der Waals surface area (Å²) in [7, 11) is -3.60. The van der Waals surface area contributed by atoms with Gasteiger partial charge in [0.1, 0.15) is 0 Å². The maximum Gasteiger partial charge on any atom is 0.263 e. The van der Waals surface area contributed by atoms with E-state index in [2.05, 4.69) is 9.71 Å². The molecule has 0 bridgehead atoms. The van der Waals surface area contributed by atoms with Crippen molar-refractivity contribution in [3.05, 3.63) is 53.1 Å². The lowest BCUT2D eigenvalue weighted by Crippen LogP contribution is -2.12. The molecule has 114 valence electrons. The normalized spacial score (nSPS) is 11.8. The first kappa shape index (κ1) is 15.0. The molecule has 0 aliphatic carbocycles. The molecular formula is C16H16N2O2S2. The molecule has 0 saturated heterocycles. The van der Waals surface area contributed by atoms with E-state index in [1.807, 2.05) is 32.9 Å². The Labute approximate surface area is 133 Å². The summed E-state index contributed by atoms with van der Waals surface area (Å²) in [6.07, 6.45) is 0. The smallest absolute Gasteiger partial charge is 0.255 e. The van der Waals surface area contributed by atoms with Crippen molar-refractivity contribution in [2.45, 2.75) is 25.7 Å². The summed E-state index contributed by atoms with van der Waals surface area (Å²) in [6, 6.07) is 10.7. The first-order chi connectivity index (χ1) is 10.4. The second kappa shape index (κ2) is 5.37. The lowest BCUT2D eigenvalue weighted by molar-refractivity contribution is 0.601. The summed E-state index contributed by atoms with van der Waals surface area (Å²) in [5.74, 6) is 0. The molecule has 1 aromatic heterocycles. The molecule has 0 amide bonds. The van der Waals surface area contributed by atoms with E-state index in [-0.39, 0.29) is 4.90 Å². The quantitative estimate of drug-likeness (QED) is 0.788. The number of anilines is 1. The maximum absolute atomic E-state index is 12.4. The summed E-state index contributed by atoms with van der Waals surface area (Å²) in [5, 5.41) is 0.393. The van der Waals surface area contributed by atoms with Crippen LogP contribution in [-0.4, -0.2) is 13.4 Å². The van der Waals surface area contributed by atoms with E-state index in [4.69, 9.17) is 0 Å². The molecule has 0 aliphatic heterocycles. The van der Waals surface area contributed by atoms with Crippen LogP contribution in [0, 0.1) is 20.8 Å². The van der Waals surface area contributed by atoms with Crippen molar-refractivity contribution in [1.82, 2.24) is 4.98 Å². The molecule has 2 aromatic carbocycles. The fourth-order valence-corrected chi connectivity index (χ4v) is 4.32. The van der Waals surface area contributed by atoms with E-state index >= 15 is 0 Å². The lowest BCUT2D eigenvalue weighted by atomic mass is 10.1. The van der Waals surface area contributed by atoms with Crippen LogP contribution in [0.15, 0.2) is 41.3 Å². The summed E-state index contributed by atoms with van der Waals surface area (Å²) in [5.41, 5.74) is 4.09. The van der Waals surface area contributed by atoms with Crippen LogP contribution in [0.1, 0.15) is 16.7 Å². The van der Waals surface area contributed by atoms with Crippen LogP contribution in [0.2, 0.25) is 0 Å². The molecule has 0 radical (unpaired) electrons. The third-order valence-corrected chi connectivity index (χ3v) is 6.06. The van der Waals surface area contributed by atoms with Gasteiger partial charge in [0.15, 0.2) is 5.13 Å². The van der Waals surface area contributed by atoms with E-state index in [1.165, 1.54) is 11.3 Å². The summed E-state index contributed by atoms with van der Waals surface area (Å²) in [4.78, 5) is 4.67. The number of hydrogen-bond donors (Lipinski definition) is 1. The van der Waals surface area contributed by atoms with E-state index in [9.17, 15) is 8.42 Å². The fourth-order valence-electron chi connectivity index (χ4n) is 2.16. The molecule has 1 N–H and O–H groups in total. The van der Waals surface area contributed by atoms with Gasteiger partial charge in [-0.1, -0.05) is 35.1 Å². The van der Waals surface area contributed by atoms with Gasteiger partial charge >= 0.3 is 0 Å². The molecular weight excluding hydrogens is 316 g/mol. The first-order valence-corrected chi connectivity index (χ1v) is 9.13. The SMILES string of the molecule is Cc1ccc(S(=O)(=O)Nc2nc3c(C)c(C)ccc3s2)cc1. The maximum atomic E-state index is 12.4. The minimum absolute atomic E-state index is 0.241. The number of fused-ring (bicyclic) bond motifs is 1. The van der Waals surface area contributed by atoms with Crippen molar-refractivity contribution >= 4 is 36.7 Å². The van der Waals surface area contributed by atoms with Crippen LogP contribution >= 0.6 is 11.3 Å². The molecule has 0 aliphatic rings. The summed E-state index contributed by atoms with van der Waals surface area (Å²) in [6.45, 7) is 5.93. The van der Waals surface area contributed by atoms with Gasteiger partial charge in [-0.25, -0.2) is 13.4 Å². The van der Waals surface area contributed by atoms with Crippen LogP contribution in [0.4, 0.5) is 5.13 Å². The van der Waals surface area contributed by atoms with Crippen molar-refractivity contribution in [2.75, 3.05) is 4.72 Å². The van der Waals surface area contributed by atoms with Gasteiger partial charge in [0.05, 0.1) is 15.1 Å². The van der Waals surface area contributed by atoms with E-state index in [0.717, 1.165) is 26.9 Å². The summed E-state index contributed by atoms with van der Waals surface area (Å²) < 4.78 is 28.3. The highest BCUT2D eigenvalue weighted by Gasteiger charge is 2.17. The van der Waals surface area contributed by atoms with Crippen LogP contribution in [0.25, 0.3) is 10.2 Å². The average Bonchev–Trinajstić information content (AvgIpc) is 2.86. The third-order valence-electron chi connectivity index (χ3n) is 3.64. The van der Waals surface area contributed by atoms with Gasteiger partial charge in [-0.3, -0.25) is 4.72 Å². The Morgan fingerprint density at radius 1 is 1.00 bits per heavy atom. The van der Waals surface area contributed by atoms with E-state index < -0.39 is 10.0 Å². The Balaban J connectivity index is 1.99. The second-order valence-electron chi connectivity index (χ2n) is 5.29. The highest BCUT2D eigenvalue weighted by molar-refractivity contribution is 7.93. The molecule has 0 atom stereocenters. The predicted molar refractivity (Wildman–Crippen MR) is 91.1 cm³/mol. The van der Waals surface area contributed by atoms with Crippen molar-refractivity contribution in [3.8, 4) is 0 Å².